The lowest BCUT2D eigenvalue weighted by molar-refractivity contribution is -0.137. The van der Waals surface area contributed by atoms with E-state index < -0.39 is 11.1 Å². The number of fused-ring (bicyclic) bond motifs is 1. The normalized spacial score (nSPS) is 21.7. The number of pyridine rings is 1. The van der Waals surface area contributed by atoms with Crippen molar-refractivity contribution in [1.82, 2.24) is 25.5 Å². The molecule has 0 saturated heterocycles. The highest BCUT2D eigenvalue weighted by molar-refractivity contribution is 5.97. The van der Waals surface area contributed by atoms with Crippen molar-refractivity contribution in [2.45, 2.75) is 68.4 Å². The first-order valence-corrected chi connectivity index (χ1v) is 14.4. The number of carbonyl (C=O) groups is 2. The predicted octanol–water partition coefficient (Wildman–Crippen LogP) is 4.82. The van der Waals surface area contributed by atoms with Crippen molar-refractivity contribution in [2.24, 2.45) is 0 Å². The number of nitrogens with one attached hydrogen (secondary N) is 3. The number of amides is 2. The molecule has 2 aliphatic carbocycles. The van der Waals surface area contributed by atoms with Gasteiger partial charge in [-0.1, -0.05) is 67.8 Å². The molecular weight excluding hydrogens is 498 g/mol. The molecule has 2 aliphatic rings. The van der Waals surface area contributed by atoms with Gasteiger partial charge < -0.3 is 15.6 Å². The van der Waals surface area contributed by atoms with Crippen molar-refractivity contribution in [3.8, 4) is 0 Å². The maximum atomic E-state index is 14.2. The summed E-state index contributed by atoms with van der Waals surface area (Å²) < 4.78 is 0. The predicted molar refractivity (Wildman–Crippen MR) is 160 cm³/mol. The van der Waals surface area contributed by atoms with Gasteiger partial charge in [0, 0.05) is 47.4 Å². The van der Waals surface area contributed by atoms with E-state index in [1.165, 1.54) is 6.42 Å². The quantitative estimate of drug-likeness (QED) is 0.364. The third-order valence-corrected chi connectivity index (χ3v) is 8.96. The highest BCUT2D eigenvalue weighted by atomic mass is 16.2. The molecule has 7 heteroatoms. The van der Waals surface area contributed by atoms with Crippen LogP contribution in [-0.2, 0) is 21.4 Å². The molecule has 1 fully saturated rings. The SMILES string of the molecule is CN(C)C1(C(=O)N[C@@](C)(Cc2c[nH]c3ccccc23)C(=O)NCC2(c3ccccn3)CCCCC2)C=CC=CC1. The Bertz CT molecular complexity index is 1400. The lowest BCUT2D eigenvalue weighted by atomic mass is 9.71. The first kappa shape index (κ1) is 27.8. The van der Waals surface area contributed by atoms with Gasteiger partial charge in [-0.05, 0) is 64.0 Å². The summed E-state index contributed by atoms with van der Waals surface area (Å²) in [6, 6.07) is 14.1. The van der Waals surface area contributed by atoms with E-state index in [9.17, 15) is 9.59 Å². The molecule has 210 valence electrons. The fourth-order valence-corrected chi connectivity index (χ4v) is 6.38. The fraction of sp³-hybridized carbons (Fsp3) is 0.424. The second-order valence-electron chi connectivity index (χ2n) is 11.9. The van der Waals surface area contributed by atoms with E-state index in [0.29, 0.717) is 19.4 Å². The minimum absolute atomic E-state index is 0.184. The number of benzene rings is 1. The maximum absolute atomic E-state index is 14.2. The van der Waals surface area contributed by atoms with Crippen molar-refractivity contribution in [3.63, 3.8) is 0 Å². The van der Waals surface area contributed by atoms with Crippen molar-refractivity contribution < 1.29 is 9.59 Å². The molecule has 0 spiro atoms. The lowest BCUT2D eigenvalue weighted by Gasteiger charge is -2.41. The molecular formula is C33H41N5O2. The zero-order chi connectivity index (χ0) is 28.2. The Kier molecular flexibility index (Phi) is 7.95. The maximum Gasteiger partial charge on any atom is 0.245 e. The minimum atomic E-state index is -1.18. The fourth-order valence-electron chi connectivity index (χ4n) is 6.38. The molecule has 2 heterocycles. The average Bonchev–Trinajstić information content (AvgIpc) is 3.39. The van der Waals surface area contributed by atoms with Crippen molar-refractivity contribution >= 4 is 22.7 Å². The Balaban J connectivity index is 1.45. The highest BCUT2D eigenvalue weighted by Crippen LogP contribution is 2.38. The van der Waals surface area contributed by atoms with Gasteiger partial charge in [-0.15, -0.1) is 0 Å². The van der Waals surface area contributed by atoms with Gasteiger partial charge in [-0.3, -0.25) is 19.5 Å². The van der Waals surface area contributed by atoms with Crippen LogP contribution >= 0.6 is 0 Å². The smallest absolute Gasteiger partial charge is 0.245 e. The van der Waals surface area contributed by atoms with Crippen LogP contribution < -0.4 is 10.6 Å². The van der Waals surface area contributed by atoms with E-state index in [1.807, 2.05) is 92.9 Å². The number of aromatic nitrogens is 2. The summed E-state index contributed by atoms with van der Waals surface area (Å²) in [4.78, 5) is 38.2. The van der Waals surface area contributed by atoms with Crippen LogP contribution in [0.5, 0.6) is 0 Å². The molecule has 3 N–H and O–H groups in total. The highest BCUT2D eigenvalue weighted by Gasteiger charge is 2.45. The summed E-state index contributed by atoms with van der Waals surface area (Å²) in [5.74, 6) is -0.371. The number of aromatic amines is 1. The summed E-state index contributed by atoms with van der Waals surface area (Å²) in [5.41, 5.74) is 0.775. The summed E-state index contributed by atoms with van der Waals surface area (Å²) >= 11 is 0. The third-order valence-electron chi connectivity index (χ3n) is 8.96. The largest absolute Gasteiger partial charge is 0.361 e. The first-order chi connectivity index (χ1) is 19.3. The number of allylic oxidation sites excluding steroid dienone is 2. The first-order valence-electron chi connectivity index (χ1n) is 14.4. The zero-order valence-corrected chi connectivity index (χ0v) is 23.9. The van der Waals surface area contributed by atoms with Crippen molar-refractivity contribution in [1.29, 1.82) is 0 Å². The zero-order valence-electron chi connectivity index (χ0n) is 23.9. The Morgan fingerprint density at radius 2 is 1.82 bits per heavy atom. The molecule has 2 amide bonds. The molecule has 1 saturated carbocycles. The number of H-pyrrole nitrogens is 1. The molecule has 5 rings (SSSR count). The summed E-state index contributed by atoms with van der Waals surface area (Å²) in [6.07, 6.45) is 17.8. The molecule has 40 heavy (non-hydrogen) atoms. The van der Waals surface area contributed by atoms with Gasteiger partial charge >= 0.3 is 0 Å². The Morgan fingerprint density at radius 3 is 2.52 bits per heavy atom. The van der Waals surface area contributed by atoms with Crippen LogP contribution in [0, 0.1) is 0 Å². The van der Waals surface area contributed by atoms with E-state index in [2.05, 4.69) is 27.8 Å². The summed E-state index contributed by atoms with van der Waals surface area (Å²) in [6.45, 7) is 2.34. The van der Waals surface area contributed by atoms with Crippen molar-refractivity contribution in [3.05, 3.63) is 90.4 Å². The Morgan fingerprint density at radius 1 is 1.05 bits per heavy atom. The van der Waals surface area contributed by atoms with Crippen molar-refractivity contribution in [2.75, 3.05) is 20.6 Å². The molecule has 0 bridgehead atoms. The number of carbonyl (C=O) groups excluding carboxylic acids is 2. The molecule has 2 aromatic heterocycles. The van der Waals surface area contributed by atoms with E-state index in [1.54, 1.807) is 0 Å². The standard InChI is InChI=1S/C33H41N5O2/c1-31(22-25-23-35-27-15-7-6-14-26(25)27,37-30(40)33(38(2)3)19-11-5-12-20-33)29(39)36-24-32(17-9-4-10-18-32)28-16-8-13-21-34-28/h5-8,11-16,19,21,23,35H,4,9-10,17-18,20,22,24H2,1-3H3,(H,36,39)(H,37,40)/t31-,33?/m0/s1. The van der Waals surface area contributed by atoms with Gasteiger partial charge in [0.15, 0.2) is 0 Å². The van der Waals surface area contributed by atoms with Crippen LogP contribution in [0.3, 0.4) is 0 Å². The molecule has 3 aromatic rings. The Labute approximate surface area is 237 Å². The molecule has 0 radical (unpaired) electrons. The Hall–Kier alpha value is -3.71. The molecule has 2 atom stereocenters. The lowest BCUT2D eigenvalue weighted by Crippen LogP contribution is -2.65. The van der Waals surface area contributed by atoms with Gasteiger partial charge in [-0.25, -0.2) is 0 Å². The second kappa shape index (κ2) is 11.4. The van der Waals surface area contributed by atoms with Crippen LogP contribution in [0.2, 0.25) is 0 Å². The number of hydrogen-bond donors (Lipinski definition) is 3. The molecule has 1 unspecified atom stereocenters. The van der Waals surface area contributed by atoms with Crippen LogP contribution in [0.4, 0.5) is 0 Å². The average molecular weight is 540 g/mol. The van der Waals surface area contributed by atoms with Gasteiger partial charge in [0.1, 0.15) is 11.1 Å². The van der Waals surface area contributed by atoms with Crippen LogP contribution in [0.15, 0.2) is 79.2 Å². The van der Waals surface area contributed by atoms with E-state index in [-0.39, 0.29) is 17.2 Å². The van der Waals surface area contributed by atoms with Gasteiger partial charge in [-0.2, -0.15) is 0 Å². The molecule has 1 aromatic carbocycles. The van der Waals surface area contributed by atoms with Gasteiger partial charge in [0.05, 0.1) is 0 Å². The topological polar surface area (TPSA) is 90.1 Å². The van der Waals surface area contributed by atoms with E-state index in [0.717, 1.165) is 47.8 Å². The summed E-state index contributed by atoms with van der Waals surface area (Å²) in [7, 11) is 3.81. The molecule has 7 nitrogen and oxygen atoms in total. The second-order valence-corrected chi connectivity index (χ2v) is 11.9. The van der Waals surface area contributed by atoms with Gasteiger partial charge in [0.2, 0.25) is 11.8 Å². The monoisotopic (exact) mass is 539 g/mol. The molecule has 0 aliphatic heterocycles. The number of hydrogen-bond acceptors (Lipinski definition) is 4. The summed E-state index contributed by atoms with van der Waals surface area (Å²) in [5, 5.41) is 7.57. The van der Waals surface area contributed by atoms with E-state index >= 15 is 0 Å². The van der Waals surface area contributed by atoms with E-state index in [4.69, 9.17) is 4.98 Å². The van der Waals surface area contributed by atoms with Crippen LogP contribution in [0.25, 0.3) is 10.9 Å². The van der Waals surface area contributed by atoms with Crippen LogP contribution in [0.1, 0.15) is 56.7 Å². The van der Waals surface area contributed by atoms with Crippen LogP contribution in [-0.4, -0.2) is 58.4 Å². The number of para-hydroxylation sites is 1. The third kappa shape index (κ3) is 5.35. The number of rotatable bonds is 9. The number of likely N-dealkylation sites (N-methyl/N-ethyl adjacent to an activating group) is 1. The number of nitrogens with zero attached hydrogens (tertiary/aromatic N) is 2. The minimum Gasteiger partial charge on any atom is -0.361 e. The van der Waals surface area contributed by atoms with Gasteiger partial charge in [0.25, 0.3) is 0 Å².